The van der Waals surface area contributed by atoms with Gasteiger partial charge in [0.15, 0.2) is 0 Å². The van der Waals surface area contributed by atoms with E-state index in [1.54, 1.807) is 0 Å². The number of likely N-dealkylation sites (tertiary alicyclic amines) is 1. The molecule has 1 aromatic rings. The van der Waals surface area contributed by atoms with Gasteiger partial charge in [0.1, 0.15) is 0 Å². The number of carbonyl (C=O) groups is 2. The number of rotatable bonds is 6. The van der Waals surface area contributed by atoms with Gasteiger partial charge in [-0.1, -0.05) is 19.1 Å². The number of hydrogen-bond acceptors (Lipinski definition) is 3. The summed E-state index contributed by atoms with van der Waals surface area (Å²) < 4.78 is 0. The maximum atomic E-state index is 12.3. The first-order valence-electron chi connectivity index (χ1n) is 10.2. The highest BCUT2D eigenvalue weighted by molar-refractivity contribution is 5.89. The van der Waals surface area contributed by atoms with Crippen molar-refractivity contribution >= 4 is 30.0 Å². The molecular formula is C21H33ClN4O2. The molecule has 2 aliphatic heterocycles. The van der Waals surface area contributed by atoms with Crippen LogP contribution in [-0.2, 0) is 11.3 Å². The fraction of sp³-hybridized carbons (Fsp3) is 0.619. The minimum absolute atomic E-state index is 0. The number of anilines is 1. The number of urea groups is 1. The van der Waals surface area contributed by atoms with Gasteiger partial charge >= 0.3 is 6.03 Å². The van der Waals surface area contributed by atoms with E-state index in [1.165, 1.54) is 0 Å². The summed E-state index contributed by atoms with van der Waals surface area (Å²) in [6.07, 6.45) is 5.06. The van der Waals surface area contributed by atoms with Crippen LogP contribution in [0.15, 0.2) is 24.3 Å². The minimum atomic E-state index is -0.0375. The molecule has 156 valence electrons. The molecule has 2 aliphatic rings. The monoisotopic (exact) mass is 408 g/mol. The average molecular weight is 409 g/mol. The van der Waals surface area contributed by atoms with Gasteiger partial charge < -0.3 is 20.9 Å². The topological polar surface area (TPSA) is 73.5 Å². The van der Waals surface area contributed by atoms with Crippen LogP contribution in [0.25, 0.3) is 0 Å². The lowest BCUT2D eigenvalue weighted by molar-refractivity contribution is -0.122. The van der Waals surface area contributed by atoms with E-state index in [-0.39, 0.29) is 24.3 Å². The van der Waals surface area contributed by atoms with Crippen molar-refractivity contribution in [1.29, 1.82) is 0 Å². The Bertz CT molecular complexity index is 643. The van der Waals surface area contributed by atoms with Gasteiger partial charge in [-0.15, -0.1) is 12.4 Å². The van der Waals surface area contributed by atoms with Gasteiger partial charge in [0, 0.05) is 31.7 Å². The van der Waals surface area contributed by atoms with E-state index in [2.05, 4.69) is 22.9 Å². The van der Waals surface area contributed by atoms with Gasteiger partial charge in [-0.05, 0) is 68.3 Å². The molecule has 6 nitrogen and oxygen atoms in total. The molecule has 28 heavy (non-hydrogen) atoms. The molecule has 0 bridgehead atoms. The molecule has 0 radical (unpaired) electrons. The molecule has 3 rings (SSSR count). The van der Waals surface area contributed by atoms with Gasteiger partial charge in [0.05, 0.1) is 0 Å². The SMILES string of the molecule is CC(CC(=O)NCc1cccc(NC(=O)N2CCCC2)c1)C1CCNCC1.Cl. The second-order valence-electron chi connectivity index (χ2n) is 7.87. The zero-order chi connectivity index (χ0) is 19.1. The molecule has 2 saturated heterocycles. The molecule has 0 spiro atoms. The van der Waals surface area contributed by atoms with Gasteiger partial charge in [0.2, 0.25) is 5.91 Å². The fourth-order valence-corrected chi connectivity index (χ4v) is 4.03. The first kappa shape index (κ1) is 22.5. The standard InChI is InChI=1S/C21H32N4O2.ClH/c1-16(18-7-9-22-10-8-18)13-20(26)23-15-17-5-4-6-19(14-17)24-21(27)25-11-2-3-12-25;/h4-6,14,16,18,22H,2-3,7-13,15H2,1H3,(H,23,26)(H,24,27);1H. The molecule has 0 saturated carbocycles. The van der Waals surface area contributed by atoms with Crippen LogP contribution in [0.4, 0.5) is 10.5 Å². The highest BCUT2D eigenvalue weighted by atomic mass is 35.5. The fourth-order valence-electron chi connectivity index (χ4n) is 4.03. The summed E-state index contributed by atoms with van der Waals surface area (Å²) in [6, 6.07) is 7.67. The van der Waals surface area contributed by atoms with E-state index in [4.69, 9.17) is 0 Å². The first-order valence-corrected chi connectivity index (χ1v) is 10.2. The molecule has 0 aromatic heterocycles. The molecule has 1 unspecified atom stereocenters. The van der Waals surface area contributed by atoms with Crippen molar-refractivity contribution < 1.29 is 9.59 Å². The third-order valence-electron chi connectivity index (χ3n) is 5.76. The molecular weight excluding hydrogens is 376 g/mol. The summed E-state index contributed by atoms with van der Waals surface area (Å²) >= 11 is 0. The third kappa shape index (κ3) is 6.67. The van der Waals surface area contributed by atoms with Gasteiger partial charge in [-0.3, -0.25) is 4.79 Å². The molecule has 1 atom stereocenters. The van der Waals surface area contributed by atoms with Gasteiger partial charge in [-0.25, -0.2) is 4.79 Å². The van der Waals surface area contributed by atoms with Gasteiger partial charge in [-0.2, -0.15) is 0 Å². The lowest BCUT2D eigenvalue weighted by Crippen LogP contribution is -2.33. The lowest BCUT2D eigenvalue weighted by Gasteiger charge is -2.27. The smallest absolute Gasteiger partial charge is 0.321 e. The lowest BCUT2D eigenvalue weighted by atomic mass is 9.84. The van der Waals surface area contributed by atoms with E-state index in [9.17, 15) is 9.59 Å². The van der Waals surface area contributed by atoms with Crippen LogP contribution in [-0.4, -0.2) is 43.0 Å². The maximum Gasteiger partial charge on any atom is 0.321 e. The van der Waals surface area contributed by atoms with Crippen molar-refractivity contribution in [2.75, 3.05) is 31.5 Å². The number of nitrogens with one attached hydrogen (secondary N) is 3. The number of benzene rings is 1. The Hall–Kier alpha value is -1.79. The molecule has 3 N–H and O–H groups in total. The molecule has 3 amide bonds. The Kier molecular flexibility index (Phi) is 9.06. The number of piperidine rings is 1. The summed E-state index contributed by atoms with van der Waals surface area (Å²) in [6.45, 7) is 6.46. The summed E-state index contributed by atoms with van der Waals surface area (Å²) in [5.74, 6) is 1.16. The highest BCUT2D eigenvalue weighted by Gasteiger charge is 2.22. The number of carbonyl (C=O) groups excluding carboxylic acids is 2. The quantitative estimate of drug-likeness (QED) is 0.675. The molecule has 2 heterocycles. The predicted octanol–water partition coefficient (Wildman–Crippen LogP) is 3.38. The zero-order valence-electron chi connectivity index (χ0n) is 16.7. The largest absolute Gasteiger partial charge is 0.352 e. The van der Waals surface area contributed by atoms with Crippen LogP contribution >= 0.6 is 12.4 Å². The Morgan fingerprint density at radius 1 is 1.21 bits per heavy atom. The Labute approximate surface area is 174 Å². The number of nitrogens with zero attached hydrogens (tertiary/aromatic N) is 1. The highest BCUT2D eigenvalue weighted by Crippen LogP contribution is 2.24. The molecule has 0 aliphatic carbocycles. The normalized spacial score (nSPS) is 18.2. The second-order valence-corrected chi connectivity index (χ2v) is 7.87. The van der Waals surface area contributed by atoms with E-state index in [1.807, 2.05) is 29.2 Å². The van der Waals surface area contributed by atoms with Crippen molar-refractivity contribution in [2.24, 2.45) is 11.8 Å². The Balaban J connectivity index is 0.00000280. The number of amides is 3. The van der Waals surface area contributed by atoms with E-state index in [0.717, 1.165) is 63.1 Å². The number of hydrogen-bond donors (Lipinski definition) is 3. The van der Waals surface area contributed by atoms with Crippen molar-refractivity contribution in [2.45, 2.75) is 45.6 Å². The maximum absolute atomic E-state index is 12.3. The van der Waals surface area contributed by atoms with Crippen molar-refractivity contribution in [3.63, 3.8) is 0 Å². The Morgan fingerprint density at radius 3 is 2.64 bits per heavy atom. The Morgan fingerprint density at radius 2 is 1.93 bits per heavy atom. The summed E-state index contributed by atoms with van der Waals surface area (Å²) in [7, 11) is 0. The van der Waals surface area contributed by atoms with Gasteiger partial charge in [0.25, 0.3) is 0 Å². The van der Waals surface area contributed by atoms with Crippen molar-refractivity contribution in [1.82, 2.24) is 15.5 Å². The van der Waals surface area contributed by atoms with E-state index >= 15 is 0 Å². The average Bonchev–Trinajstić information content (AvgIpc) is 3.22. The van der Waals surface area contributed by atoms with Crippen molar-refractivity contribution in [3.05, 3.63) is 29.8 Å². The van der Waals surface area contributed by atoms with Crippen LogP contribution in [0.3, 0.4) is 0 Å². The molecule has 7 heteroatoms. The van der Waals surface area contributed by atoms with E-state index < -0.39 is 0 Å². The van der Waals surface area contributed by atoms with Crippen molar-refractivity contribution in [3.8, 4) is 0 Å². The summed E-state index contributed by atoms with van der Waals surface area (Å²) in [5.41, 5.74) is 1.78. The summed E-state index contributed by atoms with van der Waals surface area (Å²) in [4.78, 5) is 26.4. The second kappa shape index (κ2) is 11.3. The summed E-state index contributed by atoms with van der Waals surface area (Å²) in [5, 5.41) is 9.35. The zero-order valence-corrected chi connectivity index (χ0v) is 17.5. The van der Waals surface area contributed by atoms with Crippen LogP contribution in [0.1, 0.15) is 44.6 Å². The first-order chi connectivity index (χ1) is 13.1. The third-order valence-corrected chi connectivity index (χ3v) is 5.76. The molecule has 2 fully saturated rings. The van der Waals surface area contributed by atoms with Crippen LogP contribution in [0.2, 0.25) is 0 Å². The van der Waals surface area contributed by atoms with E-state index in [0.29, 0.717) is 24.8 Å². The minimum Gasteiger partial charge on any atom is -0.352 e. The molecule has 1 aromatic carbocycles. The van der Waals surface area contributed by atoms with Crippen LogP contribution < -0.4 is 16.0 Å². The van der Waals surface area contributed by atoms with Crippen LogP contribution in [0.5, 0.6) is 0 Å². The number of halogens is 1. The predicted molar refractivity (Wildman–Crippen MR) is 115 cm³/mol. The van der Waals surface area contributed by atoms with Crippen LogP contribution in [0, 0.1) is 11.8 Å².